The van der Waals surface area contributed by atoms with Crippen LogP contribution in [0.2, 0.25) is 0 Å². The van der Waals surface area contributed by atoms with Gasteiger partial charge in [-0.2, -0.15) is 0 Å². The molecule has 4 heteroatoms. The van der Waals surface area contributed by atoms with E-state index in [4.69, 9.17) is 0 Å². The molecule has 0 fully saturated rings. The number of hydrogen-bond acceptors (Lipinski definition) is 1. The standard InChI is InChI=1S/C20H19FN2O/c21-19-6-2-1-5-18(19)16-9-7-15(8-10-16)4-3-12-23-20(24)17-11-13-22-14-17/h1-2,5-11,13-14,22H,3-4,12H2,(H,23,24). The molecule has 1 heterocycles. The van der Waals surface area contributed by atoms with Crippen molar-refractivity contribution >= 4 is 5.91 Å². The molecule has 3 nitrogen and oxygen atoms in total. The molecule has 2 N–H and O–H groups in total. The second-order valence-electron chi connectivity index (χ2n) is 5.64. The molecule has 0 aliphatic carbocycles. The van der Waals surface area contributed by atoms with Gasteiger partial charge in [0.1, 0.15) is 5.82 Å². The van der Waals surface area contributed by atoms with E-state index in [-0.39, 0.29) is 11.7 Å². The number of benzene rings is 2. The minimum Gasteiger partial charge on any atom is -0.367 e. The van der Waals surface area contributed by atoms with Crippen molar-refractivity contribution in [3.63, 3.8) is 0 Å². The number of aryl methyl sites for hydroxylation is 1. The van der Waals surface area contributed by atoms with E-state index in [2.05, 4.69) is 10.3 Å². The number of carbonyl (C=O) groups excluding carboxylic acids is 1. The van der Waals surface area contributed by atoms with Crippen molar-refractivity contribution < 1.29 is 9.18 Å². The summed E-state index contributed by atoms with van der Waals surface area (Å²) in [5.41, 5.74) is 3.30. The van der Waals surface area contributed by atoms with Gasteiger partial charge in [0.2, 0.25) is 0 Å². The fourth-order valence-corrected chi connectivity index (χ4v) is 2.61. The largest absolute Gasteiger partial charge is 0.367 e. The van der Waals surface area contributed by atoms with Crippen molar-refractivity contribution in [2.24, 2.45) is 0 Å². The Balaban J connectivity index is 1.50. The Labute approximate surface area is 140 Å². The summed E-state index contributed by atoms with van der Waals surface area (Å²) in [6, 6.07) is 16.4. The number of halogens is 1. The van der Waals surface area contributed by atoms with Gasteiger partial charge in [-0.15, -0.1) is 0 Å². The molecule has 0 spiro atoms. The summed E-state index contributed by atoms with van der Waals surface area (Å²) in [4.78, 5) is 14.6. The molecule has 0 aliphatic rings. The average Bonchev–Trinajstić information content (AvgIpc) is 3.14. The van der Waals surface area contributed by atoms with E-state index in [0.717, 1.165) is 18.4 Å². The zero-order chi connectivity index (χ0) is 16.8. The maximum absolute atomic E-state index is 13.8. The number of aromatic amines is 1. The Morgan fingerprint density at radius 3 is 2.54 bits per heavy atom. The number of carbonyl (C=O) groups is 1. The Hall–Kier alpha value is -2.88. The summed E-state index contributed by atoms with van der Waals surface area (Å²) in [6.07, 6.45) is 5.13. The first kappa shape index (κ1) is 16.0. The van der Waals surface area contributed by atoms with Crippen LogP contribution in [0.5, 0.6) is 0 Å². The second-order valence-corrected chi connectivity index (χ2v) is 5.64. The molecule has 1 amide bonds. The van der Waals surface area contributed by atoms with Crippen LogP contribution in [0.25, 0.3) is 11.1 Å². The number of aromatic nitrogens is 1. The van der Waals surface area contributed by atoms with E-state index in [1.807, 2.05) is 30.3 Å². The minimum absolute atomic E-state index is 0.0637. The van der Waals surface area contributed by atoms with Crippen molar-refractivity contribution in [3.8, 4) is 11.1 Å². The van der Waals surface area contributed by atoms with Crippen LogP contribution in [-0.4, -0.2) is 17.4 Å². The summed E-state index contributed by atoms with van der Waals surface area (Å²) in [5.74, 6) is -0.274. The third-order valence-electron chi connectivity index (χ3n) is 3.93. The lowest BCUT2D eigenvalue weighted by Gasteiger charge is -2.06. The van der Waals surface area contributed by atoms with Crippen molar-refractivity contribution in [1.29, 1.82) is 0 Å². The third-order valence-corrected chi connectivity index (χ3v) is 3.93. The summed E-state index contributed by atoms with van der Waals surface area (Å²) >= 11 is 0. The SMILES string of the molecule is O=C(NCCCc1ccc(-c2ccccc2F)cc1)c1cc[nH]c1. The van der Waals surface area contributed by atoms with Crippen LogP contribution in [0.3, 0.4) is 0 Å². The van der Waals surface area contributed by atoms with Crippen LogP contribution in [0, 0.1) is 5.82 Å². The Bertz CT molecular complexity index is 795. The normalized spacial score (nSPS) is 10.5. The smallest absolute Gasteiger partial charge is 0.252 e. The molecule has 0 aliphatic heterocycles. The monoisotopic (exact) mass is 322 g/mol. The maximum Gasteiger partial charge on any atom is 0.252 e. The van der Waals surface area contributed by atoms with Gasteiger partial charge < -0.3 is 10.3 Å². The summed E-state index contributed by atoms with van der Waals surface area (Å²) in [6.45, 7) is 0.624. The van der Waals surface area contributed by atoms with E-state index in [1.165, 1.54) is 11.6 Å². The van der Waals surface area contributed by atoms with Crippen molar-refractivity contribution in [1.82, 2.24) is 10.3 Å². The van der Waals surface area contributed by atoms with Gasteiger partial charge in [0, 0.05) is 24.5 Å². The van der Waals surface area contributed by atoms with Gasteiger partial charge in [-0.05, 0) is 36.1 Å². The molecule has 0 unspecified atom stereocenters. The zero-order valence-electron chi connectivity index (χ0n) is 13.3. The number of hydrogen-bond donors (Lipinski definition) is 2. The molecule has 0 radical (unpaired) electrons. The minimum atomic E-state index is -0.210. The van der Waals surface area contributed by atoms with E-state index < -0.39 is 0 Å². The van der Waals surface area contributed by atoms with Crippen LogP contribution in [0.4, 0.5) is 4.39 Å². The number of H-pyrrole nitrogens is 1. The number of rotatable bonds is 6. The Kier molecular flexibility index (Phi) is 5.06. The molecule has 122 valence electrons. The quantitative estimate of drug-likeness (QED) is 0.657. The predicted molar refractivity (Wildman–Crippen MR) is 93.3 cm³/mol. The van der Waals surface area contributed by atoms with E-state index in [1.54, 1.807) is 30.6 Å². The highest BCUT2D eigenvalue weighted by atomic mass is 19.1. The number of amides is 1. The summed E-state index contributed by atoms with van der Waals surface area (Å²) in [5, 5.41) is 2.89. The lowest BCUT2D eigenvalue weighted by molar-refractivity contribution is 0.0953. The predicted octanol–water partition coefficient (Wildman–Crippen LogP) is 4.18. The van der Waals surface area contributed by atoms with Crippen LogP contribution < -0.4 is 5.32 Å². The highest BCUT2D eigenvalue weighted by Crippen LogP contribution is 2.22. The Morgan fingerprint density at radius 1 is 1.04 bits per heavy atom. The molecule has 2 aromatic carbocycles. The first-order valence-corrected chi connectivity index (χ1v) is 7.99. The van der Waals surface area contributed by atoms with Gasteiger partial charge in [0.05, 0.1) is 5.56 Å². The first-order valence-electron chi connectivity index (χ1n) is 7.99. The van der Waals surface area contributed by atoms with Gasteiger partial charge in [-0.3, -0.25) is 4.79 Å². The number of nitrogens with one attached hydrogen (secondary N) is 2. The van der Waals surface area contributed by atoms with E-state index >= 15 is 0 Å². The van der Waals surface area contributed by atoms with Crippen LogP contribution in [-0.2, 0) is 6.42 Å². The Morgan fingerprint density at radius 2 is 1.83 bits per heavy atom. The summed E-state index contributed by atoms with van der Waals surface area (Å²) in [7, 11) is 0. The van der Waals surface area contributed by atoms with Crippen molar-refractivity contribution in [2.45, 2.75) is 12.8 Å². The van der Waals surface area contributed by atoms with Crippen LogP contribution >= 0.6 is 0 Å². The molecule has 3 aromatic rings. The van der Waals surface area contributed by atoms with Gasteiger partial charge in [-0.25, -0.2) is 4.39 Å². The van der Waals surface area contributed by atoms with Crippen molar-refractivity contribution in [2.75, 3.05) is 6.54 Å². The van der Waals surface area contributed by atoms with Crippen molar-refractivity contribution in [3.05, 3.63) is 83.9 Å². The lowest BCUT2D eigenvalue weighted by Crippen LogP contribution is -2.24. The highest BCUT2D eigenvalue weighted by Gasteiger charge is 2.05. The first-order chi connectivity index (χ1) is 11.7. The fraction of sp³-hybridized carbons (Fsp3) is 0.150. The van der Waals surface area contributed by atoms with Crippen LogP contribution in [0.15, 0.2) is 67.0 Å². The topological polar surface area (TPSA) is 44.9 Å². The molecule has 1 aromatic heterocycles. The molecule has 0 bridgehead atoms. The molecule has 0 saturated carbocycles. The lowest BCUT2D eigenvalue weighted by atomic mass is 10.0. The van der Waals surface area contributed by atoms with Gasteiger partial charge >= 0.3 is 0 Å². The highest BCUT2D eigenvalue weighted by molar-refractivity contribution is 5.93. The van der Waals surface area contributed by atoms with Crippen LogP contribution in [0.1, 0.15) is 22.3 Å². The second kappa shape index (κ2) is 7.59. The molecular formula is C20H19FN2O. The van der Waals surface area contributed by atoms with Gasteiger partial charge in [-0.1, -0.05) is 42.5 Å². The average molecular weight is 322 g/mol. The summed E-state index contributed by atoms with van der Waals surface area (Å²) < 4.78 is 13.8. The van der Waals surface area contributed by atoms with Gasteiger partial charge in [0.15, 0.2) is 0 Å². The fourth-order valence-electron chi connectivity index (χ4n) is 2.61. The van der Waals surface area contributed by atoms with E-state index in [9.17, 15) is 9.18 Å². The van der Waals surface area contributed by atoms with Gasteiger partial charge in [0.25, 0.3) is 5.91 Å². The zero-order valence-corrected chi connectivity index (χ0v) is 13.3. The maximum atomic E-state index is 13.8. The molecular weight excluding hydrogens is 303 g/mol. The molecule has 24 heavy (non-hydrogen) atoms. The molecule has 0 saturated heterocycles. The molecule has 0 atom stereocenters. The molecule has 3 rings (SSSR count). The third kappa shape index (κ3) is 3.90. The van der Waals surface area contributed by atoms with E-state index in [0.29, 0.717) is 17.7 Å².